The number of halogens is 3. The number of hydrogen-bond acceptors (Lipinski definition) is 3. The Hall–Kier alpha value is -0.820. The van der Waals surface area contributed by atoms with Gasteiger partial charge >= 0.3 is 12.1 Å². The molecule has 0 aromatic heterocycles. The van der Waals surface area contributed by atoms with Gasteiger partial charge in [-0.25, -0.2) is 0 Å². The predicted molar refractivity (Wildman–Crippen MR) is 74.2 cm³/mol. The van der Waals surface area contributed by atoms with Gasteiger partial charge in [-0.3, -0.25) is 15.0 Å². The van der Waals surface area contributed by atoms with Gasteiger partial charge in [0.25, 0.3) is 0 Å². The molecule has 0 heterocycles. The number of rotatable bonds is 8. The van der Waals surface area contributed by atoms with Crippen molar-refractivity contribution in [3.63, 3.8) is 0 Å². The van der Waals surface area contributed by atoms with Crippen LogP contribution in [0.1, 0.15) is 47.0 Å². The minimum Gasteiger partial charge on any atom is -0.480 e. The largest absolute Gasteiger partial charge is 0.480 e. The molecule has 1 rings (SSSR count). The number of carboxylic acid groups (broad SMARTS) is 1. The van der Waals surface area contributed by atoms with Crippen LogP contribution in [-0.4, -0.2) is 52.4 Å². The molecule has 1 fully saturated rings. The molecule has 21 heavy (non-hydrogen) atoms. The summed E-state index contributed by atoms with van der Waals surface area (Å²) in [5.41, 5.74) is -1.23. The van der Waals surface area contributed by atoms with Gasteiger partial charge in [0.2, 0.25) is 0 Å². The van der Waals surface area contributed by atoms with Gasteiger partial charge in [0.1, 0.15) is 5.54 Å². The molecule has 0 spiro atoms. The van der Waals surface area contributed by atoms with Crippen LogP contribution in [0.4, 0.5) is 13.2 Å². The number of carbonyl (C=O) groups is 1. The molecule has 0 radical (unpaired) electrons. The van der Waals surface area contributed by atoms with E-state index in [1.165, 1.54) is 11.8 Å². The minimum atomic E-state index is -4.26. The van der Waals surface area contributed by atoms with Crippen LogP contribution in [0, 0.1) is 0 Å². The lowest BCUT2D eigenvalue weighted by Crippen LogP contribution is -2.56. The molecular weight excluding hydrogens is 285 g/mol. The molecule has 1 saturated carbocycles. The van der Waals surface area contributed by atoms with Gasteiger partial charge in [-0.1, -0.05) is 0 Å². The maximum absolute atomic E-state index is 12.7. The van der Waals surface area contributed by atoms with Gasteiger partial charge in [0, 0.05) is 18.1 Å². The molecule has 1 aliphatic rings. The first-order valence-corrected chi connectivity index (χ1v) is 7.28. The Bertz CT molecular complexity index is 370. The molecular formula is C14H25F3N2O2. The van der Waals surface area contributed by atoms with Gasteiger partial charge in [-0.2, -0.15) is 13.2 Å². The zero-order valence-corrected chi connectivity index (χ0v) is 13.0. The number of carboxylic acids is 1. The standard InChI is InChI=1S/C14H25F3N2O2/c1-9(2)18-13(4,12(20)21)7-10(3)19(11-5-6-11)8-14(15,16)17/h9-11,18H,5-8H2,1-4H3,(H,20,21). The molecule has 7 heteroatoms. The first-order valence-electron chi connectivity index (χ1n) is 7.28. The summed E-state index contributed by atoms with van der Waals surface area (Å²) in [6, 6.07) is -0.583. The second-order valence-electron chi connectivity index (χ2n) is 6.51. The molecule has 1 aliphatic carbocycles. The third-order valence-electron chi connectivity index (χ3n) is 3.73. The Morgan fingerprint density at radius 1 is 1.33 bits per heavy atom. The SMILES string of the molecule is CC(C)NC(C)(CC(C)N(CC(F)(F)F)C1CC1)C(=O)O. The van der Waals surface area contributed by atoms with Crippen molar-refractivity contribution >= 4 is 5.97 Å². The van der Waals surface area contributed by atoms with Crippen LogP contribution in [0.2, 0.25) is 0 Å². The quantitative estimate of drug-likeness (QED) is 0.724. The third kappa shape index (κ3) is 5.82. The van der Waals surface area contributed by atoms with E-state index in [0.29, 0.717) is 0 Å². The van der Waals surface area contributed by atoms with Crippen molar-refractivity contribution in [1.82, 2.24) is 10.2 Å². The summed E-state index contributed by atoms with van der Waals surface area (Å²) in [6.45, 7) is 5.87. The smallest absolute Gasteiger partial charge is 0.401 e. The number of hydrogen-bond donors (Lipinski definition) is 2. The van der Waals surface area contributed by atoms with E-state index in [2.05, 4.69) is 5.32 Å². The average molecular weight is 310 g/mol. The number of nitrogens with zero attached hydrogens (tertiary/aromatic N) is 1. The number of aliphatic carboxylic acids is 1. The predicted octanol–water partition coefficient (Wildman–Crippen LogP) is 2.63. The Kier molecular flexibility index (Phi) is 5.66. The first-order chi connectivity index (χ1) is 9.44. The highest BCUT2D eigenvalue weighted by Gasteiger charge is 2.43. The van der Waals surface area contributed by atoms with Crippen molar-refractivity contribution in [2.45, 2.75) is 76.8 Å². The van der Waals surface area contributed by atoms with E-state index in [9.17, 15) is 23.1 Å². The van der Waals surface area contributed by atoms with Crippen molar-refractivity contribution in [2.24, 2.45) is 0 Å². The molecule has 124 valence electrons. The Labute approximate surface area is 123 Å². The van der Waals surface area contributed by atoms with Gasteiger partial charge in [0.15, 0.2) is 0 Å². The van der Waals surface area contributed by atoms with Crippen LogP contribution >= 0.6 is 0 Å². The molecule has 0 aliphatic heterocycles. The molecule has 0 amide bonds. The van der Waals surface area contributed by atoms with Crippen LogP contribution in [-0.2, 0) is 4.79 Å². The average Bonchev–Trinajstić information content (AvgIpc) is 3.06. The zero-order chi connectivity index (χ0) is 16.4. The normalized spacial score (nSPS) is 20.6. The van der Waals surface area contributed by atoms with Gasteiger partial charge in [0.05, 0.1) is 6.54 Å². The summed E-state index contributed by atoms with van der Waals surface area (Å²) >= 11 is 0. The molecule has 2 atom stereocenters. The molecule has 0 saturated heterocycles. The second kappa shape index (κ2) is 6.52. The van der Waals surface area contributed by atoms with Crippen molar-refractivity contribution < 1.29 is 23.1 Å². The highest BCUT2D eigenvalue weighted by atomic mass is 19.4. The monoisotopic (exact) mass is 310 g/mol. The highest BCUT2D eigenvalue weighted by Crippen LogP contribution is 2.33. The molecule has 0 bridgehead atoms. The van der Waals surface area contributed by atoms with E-state index in [4.69, 9.17) is 0 Å². The van der Waals surface area contributed by atoms with E-state index in [1.807, 2.05) is 13.8 Å². The second-order valence-corrected chi connectivity index (χ2v) is 6.51. The summed E-state index contributed by atoms with van der Waals surface area (Å²) in [5, 5.41) is 12.4. The summed E-state index contributed by atoms with van der Waals surface area (Å²) in [7, 11) is 0. The van der Waals surface area contributed by atoms with Crippen molar-refractivity contribution in [3.05, 3.63) is 0 Å². The van der Waals surface area contributed by atoms with Crippen LogP contribution in [0.3, 0.4) is 0 Å². The van der Waals surface area contributed by atoms with Crippen molar-refractivity contribution in [1.29, 1.82) is 0 Å². The van der Waals surface area contributed by atoms with Gasteiger partial charge < -0.3 is 5.11 Å². The van der Waals surface area contributed by atoms with Crippen LogP contribution in [0.25, 0.3) is 0 Å². The van der Waals surface area contributed by atoms with Crippen molar-refractivity contribution in [3.8, 4) is 0 Å². The molecule has 2 N–H and O–H groups in total. The lowest BCUT2D eigenvalue weighted by Gasteiger charge is -2.36. The lowest BCUT2D eigenvalue weighted by atomic mass is 9.92. The van der Waals surface area contributed by atoms with Crippen LogP contribution in [0.15, 0.2) is 0 Å². The number of nitrogens with one attached hydrogen (secondary N) is 1. The maximum Gasteiger partial charge on any atom is 0.401 e. The Balaban J connectivity index is 2.78. The molecule has 2 unspecified atom stereocenters. The topological polar surface area (TPSA) is 52.6 Å². The van der Waals surface area contributed by atoms with E-state index >= 15 is 0 Å². The van der Waals surface area contributed by atoms with E-state index < -0.39 is 30.3 Å². The summed E-state index contributed by atoms with van der Waals surface area (Å²) in [6.07, 6.45) is -2.63. The Morgan fingerprint density at radius 2 is 1.86 bits per heavy atom. The van der Waals surface area contributed by atoms with E-state index in [1.54, 1.807) is 6.92 Å². The fourth-order valence-electron chi connectivity index (χ4n) is 2.81. The fraction of sp³-hybridized carbons (Fsp3) is 0.929. The first kappa shape index (κ1) is 18.2. The van der Waals surface area contributed by atoms with E-state index in [0.717, 1.165) is 12.8 Å². The summed E-state index contributed by atoms with van der Waals surface area (Å²) in [5.74, 6) is -1.04. The van der Waals surface area contributed by atoms with Gasteiger partial charge in [-0.05, 0) is 47.0 Å². The zero-order valence-electron chi connectivity index (χ0n) is 13.0. The highest BCUT2D eigenvalue weighted by molar-refractivity contribution is 5.78. The number of alkyl halides is 3. The van der Waals surface area contributed by atoms with Crippen molar-refractivity contribution in [2.75, 3.05) is 6.54 Å². The van der Waals surface area contributed by atoms with Crippen LogP contribution in [0.5, 0.6) is 0 Å². The lowest BCUT2D eigenvalue weighted by molar-refractivity contribution is -0.154. The molecule has 0 aromatic rings. The minimum absolute atomic E-state index is 0.0599. The molecule has 4 nitrogen and oxygen atoms in total. The van der Waals surface area contributed by atoms with Crippen LogP contribution < -0.4 is 5.32 Å². The fourth-order valence-corrected chi connectivity index (χ4v) is 2.81. The molecule has 0 aromatic carbocycles. The Morgan fingerprint density at radius 3 is 2.19 bits per heavy atom. The van der Waals surface area contributed by atoms with Gasteiger partial charge in [-0.15, -0.1) is 0 Å². The summed E-state index contributed by atoms with van der Waals surface area (Å²) in [4.78, 5) is 12.9. The van der Waals surface area contributed by atoms with E-state index in [-0.39, 0.29) is 18.5 Å². The maximum atomic E-state index is 12.7. The third-order valence-corrected chi connectivity index (χ3v) is 3.73. The summed E-state index contributed by atoms with van der Waals surface area (Å²) < 4.78 is 38.0.